The number of aliphatic hydroxyl groups is 1. The van der Waals surface area contributed by atoms with Crippen LogP contribution in [0.2, 0.25) is 0 Å². The molecule has 3 aromatic rings. The highest BCUT2D eigenvalue weighted by atomic mass is 19.1. The number of rotatable bonds is 3. The van der Waals surface area contributed by atoms with E-state index in [2.05, 4.69) is 4.98 Å². The first-order chi connectivity index (χ1) is 10.1. The molecule has 1 unspecified atom stereocenters. The van der Waals surface area contributed by atoms with E-state index in [0.29, 0.717) is 5.56 Å². The van der Waals surface area contributed by atoms with Gasteiger partial charge in [-0.05, 0) is 35.9 Å². The summed E-state index contributed by atoms with van der Waals surface area (Å²) >= 11 is 0. The molecule has 1 atom stereocenters. The predicted molar refractivity (Wildman–Crippen MR) is 76.8 cm³/mol. The standard InChI is InChI=1S/C17H13F2NO/c18-14-4-1-5-15(19)13(14)10-17(21)12-6-7-16-11(9-12)3-2-8-20-16/h1-9,17,21H,10H2. The fraction of sp³-hybridized carbons (Fsp3) is 0.118. The molecule has 0 saturated carbocycles. The number of fused-ring (bicyclic) bond motifs is 1. The SMILES string of the molecule is OC(Cc1c(F)cccc1F)c1ccc2ncccc2c1. The number of nitrogens with zero attached hydrogens (tertiary/aromatic N) is 1. The van der Waals surface area contributed by atoms with Gasteiger partial charge in [0.05, 0.1) is 11.6 Å². The summed E-state index contributed by atoms with van der Waals surface area (Å²) in [6.45, 7) is 0. The van der Waals surface area contributed by atoms with Crippen molar-refractivity contribution in [1.29, 1.82) is 0 Å². The number of pyridine rings is 1. The first kappa shape index (κ1) is 13.6. The van der Waals surface area contributed by atoms with Crippen molar-refractivity contribution >= 4 is 10.9 Å². The van der Waals surface area contributed by atoms with E-state index in [1.807, 2.05) is 6.07 Å². The molecule has 0 spiro atoms. The van der Waals surface area contributed by atoms with E-state index in [4.69, 9.17) is 0 Å². The second-order valence-electron chi connectivity index (χ2n) is 4.88. The smallest absolute Gasteiger partial charge is 0.129 e. The molecule has 0 aliphatic carbocycles. The zero-order chi connectivity index (χ0) is 14.8. The molecular weight excluding hydrogens is 272 g/mol. The Hall–Kier alpha value is -2.33. The van der Waals surface area contributed by atoms with Crippen molar-refractivity contribution in [3.63, 3.8) is 0 Å². The molecule has 4 heteroatoms. The van der Waals surface area contributed by atoms with E-state index in [0.717, 1.165) is 10.9 Å². The lowest BCUT2D eigenvalue weighted by Gasteiger charge is -2.13. The molecule has 0 fully saturated rings. The summed E-state index contributed by atoms with van der Waals surface area (Å²) in [6.07, 6.45) is 0.609. The van der Waals surface area contributed by atoms with E-state index >= 15 is 0 Å². The van der Waals surface area contributed by atoms with Gasteiger partial charge in [-0.3, -0.25) is 4.98 Å². The van der Waals surface area contributed by atoms with Crippen molar-refractivity contribution in [2.24, 2.45) is 0 Å². The van der Waals surface area contributed by atoms with Crippen LogP contribution in [0.3, 0.4) is 0 Å². The minimum atomic E-state index is -0.971. The highest BCUT2D eigenvalue weighted by molar-refractivity contribution is 5.79. The normalized spacial score (nSPS) is 12.5. The second kappa shape index (κ2) is 5.58. The summed E-state index contributed by atoms with van der Waals surface area (Å²) in [7, 11) is 0. The quantitative estimate of drug-likeness (QED) is 0.794. The summed E-state index contributed by atoms with van der Waals surface area (Å²) in [5.74, 6) is -1.28. The molecule has 3 rings (SSSR count). The number of aliphatic hydroxyl groups excluding tert-OH is 1. The van der Waals surface area contributed by atoms with E-state index < -0.39 is 17.7 Å². The average molecular weight is 285 g/mol. The van der Waals surface area contributed by atoms with Gasteiger partial charge in [0, 0.05) is 23.6 Å². The molecule has 2 nitrogen and oxygen atoms in total. The van der Waals surface area contributed by atoms with Crippen LogP contribution in [0.5, 0.6) is 0 Å². The third kappa shape index (κ3) is 2.76. The zero-order valence-corrected chi connectivity index (χ0v) is 11.1. The van der Waals surface area contributed by atoms with Gasteiger partial charge in [-0.15, -0.1) is 0 Å². The van der Waals surface area contributed by atoms with Gasteiger partial charge in [0.15, 0.2) is 0 Å². The summed E-state index contributed by atoms with van der Waals surface area (Å²) in [5, 5.41) is 11.1. The van der Waals surface area contributed by atoms with Crippen molar-refractivity contribution in [2.45, 2.75) is 12.5 Å². The van der Waals surface area contributed by atoms with Crippen LogP contribution in [0.4, 0.5) is 8.78 Å². The monoisotopic (exact) mass is 285 g/mol. The highest BCUT2D eigenvalue weighted by Gasteiger charge is 2.15. The molecule has 0 aliphatic heterocycles. The molecule has 0 radical (unpaired) electrons. The van der Waals surface area contributed by atoms with Crippen molar-refractivity contribution < 1.29 is 13.9 Å². The average Bonchev–Trinajstić information content (AvgIpc) is 2.50. The number of hydrogen-bond acceptors (Lipinski definition) is 2. The molecule has 1 aromatic heterocycles. The fourth-order valence-electron chi connectivity index (χ4n) is 2.34. The topological polar surface area (TPSA) is 33.1 Å². The van der Waals surface area contributed by atoms with Crippen LogP contribution in [-0.4, -0.2) is 10.1 Å². The number of halogens is 2. The van der Waals surface area contributed by atoms with E-state index in [1.165, 1.54) is 18.2 Å². The number of aromatic nitrogens is 1. The van der Waals surface area contributed by atoms with E-state index in [9.17, 15) is 13.9 Å². The minimum Gasteiger partial charge on any atom is -0.388 e. The Morgan fingerprint density at radius 3 is 2.52 bits per heavy atom. The van der Waals surface area contributed by atoms with Gasteiger partial charge < -0.3 is 5.11 Å². The lowest BCUT2D eigenvalue weighted by Crippen LogP contribution is -2.05. The first-order valence-corrected chi connectivity index (χ1v) is 6.61. The molecule has 2 aromatic carbocycles. The molecule has 0 saturated heterocycles. The lowest BCUT2D eigenvalue weighted by molar-refractivity contribution is 0.176. The van der Waals surface area contributed by atoms with Gasteiger partial charge >= 0.3 is 0 Å². The van der Waals surface area contributed by atoms with Gasteiger partial charge in [-0.1, -0.05) is 18.2 Å². The summed E-state index contributed by atoms with van der Waals surface area (Å²) in [4.78, 5) is 4.19. The van der Waals surface area contributed by atoms with Crippen molar-refractivity contribution in [3.8, 4) is 0 Å². The molecule has 1 N–H and O–H groups in total. The Kier molecular flexibility index (Phi) is 3.62. The van der Waals surface area contributed by atoms with E-state index in [1.54, 1.807) is 30.5 Å². The van der Waals surface area contributed by atoms with Crippen LogP contribution >= 0.6 is 0 Å². The minimum absolute atomic E-state index is 0.101. The van der Waals surface area contributed by atoms with Gasteiger partial charge in [0.1, 0.15) is 11.6 Å². The van der Waals surface area contributed by atoms with Crippen LogP contribution < -0.4 is 0 Å². The van der Waals surface area contributed by atoms with Crippen LogP contribution in [0.25, 0.3) is 10.9 Å². The van der Waals surface area contributed by atoms with Crippen molar-refractivity contribution in [2.75, 3.05) is 0 Å². The van der Waals surface area contributed by atoms with E-state index in [-0.39, 0.29) is 12.0 Å². The van der Waals surface area contributed by atoms with Gasteiger partial charge in [-0.25, -0.2) is 8.78 Å². The Balaban J connectivity index is 1.91. The lowest BCUT2D eigenvalue weighted by atomic mass is 9.99. The molecule has 0 aliphatic rings. The third-order valence-electron chi connectivity index (χ3n) is 3.47. The summed E-state index contributed by atoms with van der Waals surface area (Å²) in [5.41, 5.74) is 1.32. The van der Waals surface area contributed by atoms with Crippen molar-refractivity contribution in [3.05, 3.63) is 77.5 Å². The Morgan fingerprint density at radius 1 is 1.00 bits per heavy atom. The molecule has 0 bridgehead atoms. The van der Waals surface area contributed by atoms with Crippen LogP contribution in [0.1, 0.15) is 17.2 Å². The largest absolute Gasteiger partial charge is 0.388 e. The number of hydrogen-bond donors (Lipinski definition) is 1. The summed E-state index contributed by atoms with van der Waals surface area (Å²) < 4.78 is 27.2. The maximum absolute atomic E-state index is 13.6. The first-order valence-electron chi connectivity index (χ1n) is 6.61. The second-order valence-corrected chi connectivity index (χ2v) is 4.88. The molecular formula is C17H13F2NO. The zero-order valence-electron chi connectivity index (χ0n) is 11.1. The summed E-state index contributed by atoms with van der Waals surface area (Å²) in [6, 6.07) is 12.7. The maximum atomic E-state index is 13.6. The van der Waals surface area contributed by atoms with Crippen molar-refractivity contribution in [1.82, 2.24) is 4.98 Å². The van der Waals surface area contributed by atoms with Crippen LogP contribution in [-0.2, 0) is 6.42 Å². The molecule has 1 heterocycles. The number of benzene rings is 2. The van der Waals surface area contributed by atoms with Gasteiger partial charge in [0.25, 0.3) is 0 Å². The van der Waals surface area contributed by atoms with Gasteiger partial charge in [-0.2, -0.15) is 0 Å². The Bertz CT molecular complexity index is 768. The Labute approximate surface area is 120 Å². The van der Waals surface area contributed by atoms with Crippen LogP contribution in [0, 0.1) is 11.6 Å². The Morgan fingerprint density at radius 2 is 1.76 bits per heavy atom. The molecule has 106 valence electrons. The van der Waals surface area contributed by atoms with Crippen LogP contribution in [0.15, 0.2) is 54.7 Å². The molecule has 21 heavy (non-hydrogen) atoms. The molecule has 0 amide bonds. The fourth-order valence-corrected chi connectivity index (χ4v) is 2.34. The third-order valence-corrected chi connectivity index (χ3v) is 3.47. The predicted octanol–water partition coefficient (Wildman–Crippen LogP) is 3.79. The maximum Gasteiger partial charge on any atom is 0.129 e. The van der Waals surface area contributed by atoms with Gasteiger partial charge in [0.2, 0.25) is 0 Å². The highest BCUT2D eigenvalue weighted by Crippen LogP contribution is 2.24.